The molecule has 0 saturated carbocycles. The molecule has 0 bridgehead atoms. The number of sulfonamides is 1. The Labute approximate surface area is 310 Å². The molecule has 1 aromatic heterocycles. The van der Waals surface area contributed by atoms with Crippen LogP contribution in [0.15, 0.2) is 82.1 Å². The number of benzene rings is 3. The predicted molar refractivity (Wildman–Crippen MR) is 194 cm³/mol. The van der Waals surface area contributed by atoms with Crippen LogP contribution in [-0.4, -0.2) is 71.6 Å². The molecule has 4 N–H and O–H groups in total. The molecule has 1 aliphatic heterocycles. The topological polar surface area (TPSA) is 205 Å². The molecule has 16 heteroatoms. The summed E-state index contributed by atoms with van der Waals surface area (Å²) in [4.78, 5) is 70.8. The number of aromatic nitrogens is 1. The van der Waals surface area contributed by atoms with Gasteiger partial charge in [0, 0.05) is 34.7 Å². The van der Waals surface area contributed by atoms with Crippen LogP contribution in [0.25, 0.3) is 11.1 Å². The third kappa shape index (κ3) is 9.00. The largest absolute Gasteiger partial charge is 0.438 e. The molecule has 1 aliphatic rings. The Morgan fingerprint density at radius 1 is 1.00 bits per heavy atom. The van der Waals surface area contributed by atoms with Crippen LogP contribution < -0.4 is 15.4 Å². The van der Waals surface area contributed by atoms with E-state index < -0.39 is 57.7 Å². The summed E-state index contributed by atoms with van der Waals surface area (Å²) in [5, 5.41) is 15.5. The molecule has 0 aliphatic carbocycles. The summed E-state index contributed by atoms with van der Waals surface area (Å²) in [5.41, 5.74) is 1.59. The van der Waals surface area contributed by atoms with Gasteiger partial charge in [-0.25, -0.2) is 22.9 Å². The van der Waals surface area contributed by atoms with Crippen LogP contribution in [-0.2, 0) is 31.0 Å². The number of hydrogen-bond donors (Lipinski definition) is 4. The molecule has 0 spiro atoms. The van der Waals surface area contributed by atoms with Gasteiger partial charge in [0.25, 0.3) is 21.8 Å². The second-order valence-corrected chi connectivity index (χ2v) is 15.1. The van der Waals surface area contributed by atoms with Crippen molar-refractivity contribution in [1.29, 1.82) is 0 Å². The molecule has 4 atom stereocenters. The number of hydrogen-bond acceptors (Lipinski definition) is 10. The quantitative estimate of drug-likeness (QED) is 0.145. The van der Waals surface area contributed by atoms with E-state index in [1.807, 2.05) is 4.72 Å². The Balaban J connectivity index is 1.27. The van der Waals surface area contributed by atoms with Crippen molar-refractivity contribution in [3.05, 3.63) is 100 Å². The van der Waals surface area contributed by atoms with Crippen LogP contribution in [0.1, 0.15) is 71.8 Å². The van der Waals surface area contributed by atoms with Crippen LogP contribution in [0.3, 0.4) is 0 Å². The van der Waals surface area contributed by atoms with Crippen LogP contribution in [0.5, 0.6) is 0 Å². The number of carbonyl (C=O) groups excluding carboxylic acids is 5. The van der Waals surface area contributed by atoms with Crippen molar-refractivity contribution in [1.82, 2.24) is 25.2 Å². The molecule has 3 aromatic carbocycles. The minimum atomic E-state index is -4.18. The lowest BCUT2D eigenvalue weighted by molar-refractivity contribution is -0.141. The van der Waals surface area contributed by atoms with E-state index in [0.29, 0.717) is 34.5 Å². The maximum Gasteiger partial charge on any atom is 0.264 e. The highest BCUT2D eigenvalue weighted by Gasteiger charge is 2.40. The van der Waals surface area contributed by atoms with Gasteiger partial charge >= 0.3 is 0 Å². The Morgan fingerprint density at radius 3 is 2.28 bits per heavy atom. The second-order valence-electron chi connectivity index (χ2n) is 13.0. The average Bonchev–Trinajstić information content (AvgIpc) is 3.80. The van der Waals surface area contributed by atoms with Gasteiger partial charge in [-0.3, -0.25) is 19.2 Å². The Kier molecular flexibility index (Phi) is 12.1. The van der Waals surface area contributed by atoms with Crippen LogP contribution >= 0.6 is 11.6 Å². The van der Waals surface area contributed by atoms with Crippen molar-refractivity contribution in [2.24, 2.45) is 11.8 Å². The normalized spacial score (nSPS) is 16.0. The van der Waals surface area contributed by atoms with Crippen LogP contribution in [0.2, 0.25) is 5.02 Å². The number of rotatable bonds is 13. The summed E-state index contributed by atoms with van der Waals surface area (Å²) in [5.74, 6) is -1.58. The predicted octanol–water partition coefficient (Wildman–Crippen LogP) is 3.72. The molecule has 278 valence electrons. The first kappa shape index (κ1) is 38.9. The van der Waals surface area contributed by atoms with Crippen molar-refractivity contribution < 1.29 is 41.9 Å². The van der Waals surface area contributed by atoms with E-state index in [1.54, 1.807) is 44.9 Å². The van der Waals surface area contributed by atoms with Gasteiger partial charge in [-0.15, -0.1) is 0 Å². The van der Waals surface area contributed by atoms with Gasteiger partial charge in [-0.05, 0) is 85.0 Å². The van der Waals surface area contributed by atoms with Crippen molar-refractivity contribution in [3.63, 3.8) is 0 Å². The number of amides is 4. The molecule has 1 saturated heterocycles. The summed E-state index contributed by atoms with van der Waals surface area (Å²) in [6.07, 6.45) is 2.12. The zero-order valence-corrected chi connectivity index (χ0v) is 30.6. The first-order chi connectivity index (χ1) is 25.2. The maximum atomic E-state index is 14.0. The van der Waals surface area contributed by atoms with Crippen molar-refractivity contribution in [3.8, 4) is 0 Å². The molecule has 0 radical (unpaired) electrons. The number of fused-ring (bicyclic) bond motifs is 1. The summed E-state index contributed by atoms with van der Waals surface area (Å²) in [6, 6.07) is 12.7. The fourth-order valence-electron chi connectivity index (χ4n) is 5.94. The molecular weight excluding hydrogens is 726 g/mol. The third-order valence-corrected chi connectivity index (χ3v) is 10.5. The van der Waals surface area contributed by atoms with E-state index in [4.69, 9.17) is 16.0 Å². The molecule has 1 fully saturated rings. The highest BCUT2D eigenvalue weighted by molar-refractivity contribution is 7.90. The van der Waals surface area contributed by atoms with Crippen LogP contribution in [0.4, 0.5) is 0 Å². The summed E-state index contributed by atoms with van der Waals surface area (Å²) < 4.78 is 33.1. The zero-order chi connectivity index (χ0) is 38.4. The maximum absolute atomic E-state index is 14.0. The van der Waals surface area contributed by atoms with Gasteiger partial charge in [0.1, 0.15) is 29.6 Å². The lowest BCUT2D eigenvalue weighted by atomic mass is 10.00. The van der Waals surface area contributed by atoms with Gasteiger partial charge in [-0.1, -0.05) is 38.4 Å². The number of nitrogens with one attached hydrogen (secondary N) is 3. The number of halogens is 1. The second kappa shape index (κ2) is 16.6. The molecule has 2 unspecified atom stereocenters. The van der Waals surface area contributed by atoms with Crippen molar-refractivity contribution in [2.45, 2.75) is 63.2 Å². The highest BCUT2D eigenvalue weighted by atomic mass is 35.5. The number of likely N-dealkylation sites (tertiary alicyclic amines) is 1. The van der Waals surface area contributed by atoms with Gasteiger partial charge in [0.15, 0.2) is 5.58 Å². The summed E-state index contributed by atoms with van der Waals surface area (Å²) in [7, 11) is -4.18. The number of carbonyl (C=O) groups is 4. The standard InChI is InChI=1S/C37H38ClN5O9S/c1-21(2)31(40-33(46)24-7-9-25(10-8-24)34(47)42-53(50,51)27-13-11-26(38)12-14-27)37(49)43-17-4-5-29(43)35(48)41-32(22(3)16-18-44)36-39-28-19-23(20-45)6-15-30(28)52-36/h6-16,19,21-22,29,31-32,45H,4-5,17,20H2,1-3H3,(H,40,46)(H,41,48)(H,42,47)/t22?,29-,31-,32?/m0/s1. The first-order valence-electron chi connectivity index (χ1n) is 16.8. The van der Waals surface area contributed by atoms with Crippen LogP contribution in [0, 0.1) is 11.8 Å². The SMILES string of the molecule is CC(C=C=O)C(NC(=O)[C@@H]1CCCN1C(=O)[C@@H](NC(=O)c1ccc(C(=O)NS(=O)(=O)c2ccc(Cl)cc2)cc1)C(C)C)c1nc2cc(CO)ccc2o1. The van der Waals surface area contributed by atoms with Gasteiger partial charge in [0.05, 0.1) is 11.5 Å². The zero-order valence-electron chi connectivity index (χ0n) is 29.0. The Hall–Kier alpha value is -5.34. The molecule has 4 aromatic rings. The molecule has 14 nitrogen and oxygen atoms in total. The minimum absolute atomic E-state index is 0.0227. The van der Waals surface area contributed by atoms with Gasteiger partial charge in [-0.2, -0.15) is 0 Å². The number of aliphatic hydroxyl groups is 1. The highest BCUT2D eigenvalue weighted by Crippen LogP contribution is 2.28. The molecular formula is C37H38ClN5O9S. The molecule has 2 heterocycles. The van der Waals surface area contributed by atoms with E-state index in [-0.39, 0.29) is 41.0 Å². The van der Waals surface area contributed by atoms with E-state index in [0.717, 1.165) is 0 Å². The third-order valence-electron chi connectivity index (χ3n) is 8.89. The molecule has 53 heavy (non-hydrogen) atoms. The molecule has 5 rings (SSSR count). The lowest BCUT2D eigenvalue weighted by Crippen LogP contribution is -2.55. The lowest BCUT2D eigenvalue weighted by Gasteiger charge is -2.31. The summed E-state index contributed by atoms with van der Waals surface area (Å²) in [6.45, 7) is 5.26. The fraction of sp³-hybridized carbons (Fsp3) is 0.324. The van der Waals surface area contributed by atoms with E-state index in [1.165, 1.54) is 59.5 Å². The number of aliphatic hydroxyl groups excluding tert-OH is 1. The smallest absolute Gasteiger partial charge is 0.264 e. The van der Waals surface area contributed by atoms with E-state index in [9.17, 15) is 37.5 Å². The van der Waals surface area contributed by atoms with Crippen molar-refractivity contribution >= 4 is 62.3 Å². The monoisotopic (exact) mass is 763 g/mol. The van der Waals surface area contributed by atoms with E-state index >= 15 is 0 Å². The number of oxazole rings is 1. The number of nitrogens with zero attached hydrogens (tertiary/aromatic N) is 2. The minimum Gasteiger partial charge on any atom is -0.438 e. The van der Waals surface area contributed by atoms with E-state index in [2.05, 4.69) is 15.6 Å². The Morgan fingerprint density at radius 2 is 1.66 bits per heavy atom. The van der Waals surface area contributed by atoms with Gasteiger partial charge in [0.2, 0.25) is 17.7 Å². The average molecular weight is 764 g/mol. The summed E-state index contributed by atoms with van der Waals surface area (Å²) >= 11 is 5.82. The Bertz CT molecular complexity index is 2160. The first-order valence-corrected chi connectivity index (χ1v) is 18.6. The molecule has 4 amide bonds. The van der Waals surface area contributed by atoms with Gasteiger partial charge < -0.3 is 25.1 Å². The van der Waals surface area contributed by atoms with Crippen molar-refractivity contribution in [2.75, 3.05) is 6.54 Å². The fourth-order valence-corrected chi connectivity index (χ4v) is 7.04.